The summed E-state index contributed by atoms with van der Waals surface area (Å²) < 4.78 is 29.6. The number of rotatable bonds is 6. The molecule has 15 heavy (non-hydrogen) atoms. The summed E-state index contributed by atoms with van der Waals surface area (Å²) in [4.78, 5) is 0. The molecular weight excluding hydrogens is 216 g/mol. The molecule has 0 aromatic rings. The van der Waals surface area contributed by atoms with Crippen molar-refractivity contribution in [3.05, 3.63) is 0 Å². The van der Waals surface area contributed by atoms with Crippen LogP contribution in [0.4, 0.5) is 0 Å². The van der Waals surface area contributed by atoms with Gasteiger partial charge in [-0.2, -0.15) is 4.31 Å². The van der Waals surface area contributed by atoms with Crippen LogP contribution in [0.2, 0.25) is 0 Å². The third-order valence-corrected chi connectivity index (χ3v) is 4.63. The molecule has 0 aromatic heterocycles. The Morgan fingerprint density at radius 1 is 1.27 bits per heavy atom. The molecule has 0 bridgehead atoms. The van der Waals surface area contributed by atoms with Gasteiger partial charge in [-0.25, -0.2) is 8.42 Å². The van der Waals surface area contributed by atoms with E-state index in [9.17, 15) is 8.42 Å². The van der Waals surface area contributed by atoms with Crippen LogP contribution >= 0.6 is 0 Å². The molecule has 0 atom stereocenters. The van der Waals surface area contributed by atoms with Crippen LogP contribution in [-0.4, -0.2) is 50.8 Å². The van der Waals surface area contributed by atoms with E-state index in [1.807, 2.05) is 0 Å². The molecule has 0 rings (SSSR count). The van der Waals surface area contributed by atoms with Gasteiger partial charge in [0.05, 0.1) is 11.4 Å². The Bertz CT molecular complexity index is 270. The van der Waals surface area contributed by atoms with E-state index in [0.29, 0.717) is 26.2 Å². The summed E-state index contributed by atoms with van der Waals surface area (Å²) in [6.45, 7) is 6.43. The molecule has 6 heteroatoms. The van der Waals surface area contributed by atoms with Crippen LogP contribution in [0.15, 0.2) is 0 Å². The first kappa shape index (κ1) is 14.8. The molecular formula is C9H22N2O3S. The van der Waals surface area contributed by atoms with E-state index in [-0.39, 0.29) is 0 Å². The molecule has 0 aliphatic rings. The quantitative estimate of drug-likeness (QED) is 0.708. The van der Waals surface area contributed by atoms with Gasteiger partial charge in [-0.05, 0) is 20.8 Å². The Kier molecular flexibility index (Phi) is 5.72. The molecule has 2 N–H and O–H groups in total. The molecule has 0 heterocycles. The minimum atomic E-state index is -3.30. The smallest absolute Gasteiger partial charge is 0.219 e. The van der Waals surface area contributed by atoms with E-state index in [1.54, 1.807) is 27.9 Å². The van der Waals surface area contributed by atoms with Crippen molar-refractivity contribution in [1.82, 2.24) is 4.31 Å². The Labute approximate surface area is 92.6 Å². The van der Waals surface area contributed by atoms with Gasteiger partial charge >= 0.3 is 0 Å². The van der Waals surface area contributed by atoms with Crippen molar-refractivity contribution in [1.29, 1.82) is 0 Å². The monoisotopic (exact) mass is 238 g/mol. The van der Waals surface area contributed by atoms with Crippen LogP contribution in [0.5, 0.6) is 0 Å². The first-order chi connectivity index (χ1) is 6.77. The average Bonchev–Trinajstić information content (AvgIpc) is 2.10. The van der Waals surface area contributed by atoms with Crippen molar-refractivity contribution in [2.75, 3.05) is 33.4 Å². The highest BCUT2D eigenvalue weighted by atomic mass is 32.2. The predicted octanol–water partition coefficient (Wildman–Crippen LogP) is 0.0218. The normalized spacial score (nSPS) is 13.5. The summed E-state index contributed by atoms with van der Waals surface area (Å²) in [5, 5.41) is 0. The molecule has 0 aliphatic carbocycles. The highest BCUT2D eigenvalue weighted by molar-refractivity contribution is 7.90. The van der Waals surface area contributed by atoms with Crippen molar-refractivity contribution >= 4 is 10.0 Å². The van der Waals surface area contributed by atoms with Gasteiger partial charge in [0.2, 0.25) is 10.0 Å². The van der Waals surface area contributed by atoms with E-state index in [1.165, 1.54) is 4.31 Å². The third-order valence-electron chi connectivity index (χ3n) is 2.04. The maximum absolute atomic E-state index is 12.1. The molecule has 0 radical (unpaired) electrons. The zero-order valence-electron chi connectivity index (χ0n) is 9.99. The van der Waals surface area contributed by atoms with Crippen LogP contribution in [0.25, 0.3) is 0 Å². The number of hydrogen-bond donors (Lipinski definition) is 1. The van der Waals surface area contributed by atoms with Crippen molar-refractivity contribution in [2.45, 2.75) is 25.5 Å². The van der Waals surface area contributed by atoms with Crippen molar-refractivity contribution in [2.24, 2.45) is 5.73 Å². The highest BCUT2D eigenvalue weighted by Gasteiger charge is 2.34. The van der Waals surface area contributed by atoms with Crippen molar-refractivity contribution < 1.29 is 13.2 Å². The lowest BCUT2D eigenvalue weighted by atomic mass is 10.3. The fourth-order valence-corrected chi connectivity index (χ4v) is 2.51. The number of methoxy groups -OCH3 is 1. The van der Waals surface area contributed by atoms with Crippen molar-refractivity contribution in [3.8, 4) is 0 Å². The molecule has 0 aromatic carbocycles. The Morgan fingerprint density at radius 2 is 1.80 bits per heavy atom. The fourth-order valence-electron chi connectivity index (χ4n) is 1.08. The maximum atomic E-state index is 12.1. The van der Waals surface area contributed by atoms with Gasteiger partial charge in [0, 0.05) is 26.7 Å². The van der Waals surface area contributed by atoms with Crippen LogP contribution in [0, 0.1) is 0 Å². The Balaban J connectivity index is 4.75. The summed E-state index contributed by atoms with van der Waals surface area (Å²) in [6, 6.07) is 0. The lowest BCUT2D eigenvalue weighted by Gasteiger charge is -2.29. The topological polar surface area (TPSA) is 72.6 Å². The molecule has 0 amide bonds. The van der Waals surface area contributed by atoms with Crippen LogP contribution < -0.4 is 5.73 Å². The third kappa shape index (κ3) is 4.06. The predicted molar refractivity (Wildman–Crippen MR) is 61.2 cm³/mol. The Hall–Kier alpha value is -0.170. The standard InChI is InChI=1S/C9H22N2O3S/c1-9(2,3)15(12,13)11(6-5-10)7-8-14-4/h5-8,10H2,1-4H3. The number of nitrogens with two attached hydrogens (primary N) is 1. The SMILES string of the molecule is COCCN(CCN)S(=O)(=O)C(C)(C)C. The second-order valence-electron chi connectivity index (χ2n) is 4.30. The first-order valence-corrected chi connectivity index (χ1v) is 6.40. The number of hydrogen-bond acceptors (Lipinski definition) is 4. The number of sulfonamides is 1. The molecule has 0 aliphatic heterocycles. The van der Waals surface area contributed by atoms with Crippen LogP contribution in [0.3, 0.4) is 0 Å². The van der Waals surface area contributed by atoms with Gasteiger partial charge in [-0.3, -0.25) is 0 Å². The van der Waals surface area contributed by atoms with Gasteiger partial charge in [-0.1, -0.05) is 0 Å². The lowest BCUT2D eigenvalue weighted by molar-refractivity contribution is 0.179. The first-order valence-electron chi connectivity index (χ1n) is 4.96. The molecule has 0 spiro atoms. The number of ether oxygens (including phenoxy) is 1. The minimum Gasteiger partial charge on any atom is -0.383 e. The second kappa shape index (κ2) is 5.79. The van der Waals surface area contributed by atoms with E-state index in [2.05, 4.69) is 0 Å². The van der Waals surface area contributed by atoms with Gasteiger partial charge in [-0.15, -0.1) is 0 Å². The number of nitrogens with zero attached hydrogens (tertiary/aromatic N) is 1. The maximum Gasteiger partial charge on any atom is 0.219 e. The summed E-state index contributed by atoms with van der Waals surface area (Å²) in [5.74, 6) is 0. The van der Waals surface area contributed by atoms with E-state index >= 15 is 0 Å². The van der Waals surface area contributed by atoms with Crippen LogP contribution in [0.1, 0.15) is 20.8 Å². The van der Waals surface area contributed by atoms with Gasteiger partial charge < -0.3 is 10.5 Å². The molecule has 0 saturated heterocycles. The van der Waals surface area contributed by atoms with Crippen LogP contribution in [-0.2, 0) is 14.8 Å². The fraction of sp³-hybridized carbons (Fsp3) is 1.00. The van der Waals surface area contributed by atoms with Gasteiger partial charge in [0.1, 0.15) is 0 Å². The molecule has 5 nitrogen and oxygen atoms in total. The Morgan fingerprint density at radius 3 is 2.13 bits per heavy atom. The summed E-state index contributed by atoms with van der Waals surface area (Å²) >= 11 is 0. The zero-order chi connectivity index (χ0) is 12.1. The molecule has 92 valence electrons. The second-order valence-corrected chi connectivity index (χ2v) is 6.99. The van der Waals surface area contributed by atoms with E-state index in [0.717, 1.165) is 0 Å². The minimum absolute atomic E-state index is 0.318. The molecule has 0 unspecified atom stereocenters. The summed E-state index contributed by atoms with van der Waals surface area (Å²) in [6.07, 6.45) is 0. The average molecular weight is 238 g/mol. The van der Waals surface area contributed by atoms with E-state index in [4.69, 9.17) is 10.5 Å². The largest absolute Gasteiger partial charge is 0.383 e. The highest BCUT2D eigenvalue weighted by Crippen LogP contribution is 2.19. The summed E-state index contributed by atoms with van der Waals surface area (Å²) in [5.41, 5.74) is 5.39. The van der Waals surface area contributed by atoms with Gasteiger partial charge in [0.15, 0.2) is 0 Å². The van der Waals surface area contributed by atoms with E-state index < -0.39 is 14.8 Å². The summed E-state index contributed by atoms with van der Waals surface area (Å²) in [7, 11) is -1.75. The molecule has 0 saturated carbocycles. The molecule has 0 fully saturated rings. The lowest BCUT2D eigenvalue weighted by Crippen LogP contribution is -2.46. The van der Waals surface area contributed by atoms with Gasteiger partial charge in [0.25, 0.3) is 0 Å². The van der Waals surface area contributed by atoms with Crippen molar-refractivity contribution in [3.63, 3.8) is 0 Å². The zero-order valence-corrected chi connectivity index (χ0v) is 10.8.